The molecule has 21 heavy (non-hydrogen) atoms. The second-order valence-electron chi connectivity index (χ2n) is 5.19. The lowest BCUT2D eigenvalue weighted by Crippen LogP contribution is -1.93. The molecule has 4 aromatic rings. The highest BCUT2D eigenvalue weighted by Gasteiger charge is 2.05. The molecule has 0 aliphatic rings. The van der Waals surface area contributed by atoms with Crippen molar-refractivity contribution in [2.24, 2.45) is 0 Å². The number of para-hydroxylation sites is 2. The summed E-state index contributed by atoms with van der Waals surface area (Å²) in [4.78, 5) is 16.7. The van der Waals surface area contributed by atoms with Gasteiger partial charge in [0.15, 0.2) is 0 Å². The Hall–Kier alpha value is -2.75. The quantitative estimate of drug-likeness (QED) is 0.609. The fourth-order valence-electron chi connectivity index (χ4n) is 2.55. The van der Waals surface area contributed by atoms with E-state index >= 15 is 0 Å². The van der Waals surface area contributed by atoms with E-state index < -0.39 is 0 Å². The topological polar surface area (TPSA) is 54.5 Å². The summed E-state index contributed by atoms with van der Waals surface area (Å²) in [6, 6.07) is 14.4. The maximum Gasteiger partial charge on any atom is 0.125 e. The predicted molar refractivity (Wildman–Crippen MR) is 83.2 cm³/mol. The van der Waals surface area contributed by atoms with Crippen LogP contribution < -0.4 is 0 Å². The minimum absolute atomic E-state index is 0.771. The Balaban J connectivity index is 1.72. The van der Waals surface area contributed by atoms with Gasteiger partial charge in [-0.3, -0.25) is 0 Å². The molecule has 0 saturated heterocycles. The number of nitrogens with one attached hydrogen (secondary N) is 1. The summed E-state index contributed by atoms with van der Waals surface area (Å²) < 4.78 is 0. The van der Waals surface area contributed by atoms with Crippen LogP contribution in [0.15, 0.2) is 48.7 Å². The van der Waals surface area contributed by atoms with E-state index in [1.54, 1.807) is 0 Å². The molecule has 0 saturated carbocycles. The van der Waals surface area contributed by atoms with Crippen molar-refractivity contribution < 1.29 is 0 Å². The average molecular weight is 274 g/mol. The summed E-state index contributed by atoms with van der Waals surface area (Å²) in [5, 5.41) is 1.06. The van der Waals surface area contributed by atoms with Gasteiger partial charge in [0.05, 0.1) is 16.6 Å². The summed E-state index contributed by atoms with van der Waals surface area (Å²) >= 11 is 0. The van der Waals surface area contributed by atoms with Crippen molar-refractivity contribution in [1.29, 1.82) is 0 Å². The Bertz CT molecular complexity index is 907. The molecule has 0 bridgehead atoms. The molecule has 0 amide bonds. The van der Waals surface area contributed by atoms with Crippen molar-refractivity contribution in [1.82, 2.24) is 19.9 Å². The molecule has 4 rings (SSSR count). The number of hydrogen-bond acceptors (Lipinski definition) is 3. The Morgan fingerprint density at radius 3 is 2.81 bits per heavy atom. The SMILES string of the molecule is Cc1ncc2ccc(Cc3nc4ccccc4[nH]3)cc2n1. The largest absolute Gasteiger partial charge is 0.342 e. The Kier molecular flexibility index (Phi) is 2.67. The summed E-state index contributed by atoms with van der Waals surface area (Å²) in [6.07, 6.45) is 2.64. The van der Waals surface area contributed by atoms with Gasteiger partial charge in [-0.1, -0.05) is 24.3 Å². The van der Waals surface area contributed by atoms with Gasteiger partial charge in [-0.25, -0.2) is 15.0 Å². The number of aromatic nitrogens is 4. The third-order valence-corrected chi connectivity index (χ3v) is 3.58. The highest BCUT2D eigenvalue weighted by Crippen LogP contribution is 2.17. The molecular formula is C17H14N4. The van der Waals surface area contributed by atoms with E-state index in [1.165, 1.54) is 5.56 Å². The van der Waals surface area contributed by atoms with Crippen LogP contribution in [0.5, 0.6) is 0 Å². The first kappa shape index (κ1) is 12.0. The molecule has 0 atom stereocenters. The third-order valence-electron chi connectivity index (χ3n) is 3.58. The zero-order valence-corrected chi connectivity index (χ0v) is 11.7. The smallest absolute Gasteiger partial charge is 0.125 e. The van der Waals surface area contributed by atoms with Crippen molar-refractivity contribution in [3.05, 3.63) is 65.9 Å². The van der Waals surface area contributed by atoms with Crippen LogP contribution in [0.25, 0.3) is 21.9 Å². The van der Waals surface area contributed by atoms with Crippen LogP contribution in [0, 0.1) is 6.92 Å². The van der Waals surface area contributed by atoms with E-state index in [0.29, 0.717) is 0 Å². The maximum atomic E-state index is 4.62. The molecule has 0 aliphatic carbocycles. The van der Waals surface area contributed by atoms with E-state index in [4.69, 9.17) is 0 Å². The Labute approximate surface area is 121 Å². The standard InChI is InChI=1S/C17H14N4/c1-11-18-10-13-7-6-12(8-16(13)19-11)9-17-20-14-4-2-3-5-15(14)21-17/h2-8,10H,9H2,1H3,(H,20,21). The van der Waals surface area contributed by atoms with Gasteiger partial charge in [0, 0.05) is 18.0 Å². The van der Waals surface area contributed by atoms with E-state index in [-0.39, 0.29) is 0 Å². The first-order chi connectivity index (χ1) is 10.3. The van der Waals surface area contributed by atoms with Gasteiger partial charge in [0.25, 0.3) is 0 Å². The fraction of sp³-hybridized carbons (Fsp3) is 0.118. The highest BCUT2D eigenvalue weighted by atomic mass is 14.9. The van der Waals surface area contributed by atoms with Crippen molar-refractivity contribution in [3.63, 3.8) is 0 Å². The molecule has 2 aromatic heterocycles. The molecule has 4 nitrogen and oxygen atoms in total. The highest BCUT2D eigenvalue weighted by molar-refractivity contribution is 5.78. The van der Waals surface area contributed by atoms with Gasteiger partial charge < -0.3 is 4.98 Å². The van der Waals surface area contributed by atoms with Crippen LogP contribution in [0.1, 0.15) is 17.2 Å². The van der Waals surface area contributed by atoms with Gasteiger partial charge in [-0.15, -0.1) is 0 Å². The molecule has 0 unspecified atom stereocenters. The number of benzene rings is 2. The summed E-state index contributed by atoms with van der Waals surface area (Å²) in [5.74, 6) is 1.77. The number of aryl methyl sites for hydroxylation is 1. The molecule has 4 heteroatoms. The molecule has 102 valence electrons. The van der Waals surface area contributed by atoms with Crippen molar-refractivity contribution in [2.75, 3.05) is 0 Å². The summed E-state index contributed by atoms with van der Waals surface area (Å²) in [6.45, 7) is 1.91. The van der Waals surface area contributed by atoms with Gasteiger partial charge in [0.1, 0.15) is 11.6 Å². The summed E-state index contributed by atoms with van der Waals surface area (Å²) in [7, 11) is 0. The second kappa shape index (κ2) is 4.66. The lowest BCUT2D eigenvalue weighted by atomic mass is 10.1. The van der Waals surface area contributed by atoms with Crippen LogP contribution in [0.2, 0.25) is 0 Å². The summed E-state index contributed by atoms with van der Waals surface area (Å²) in [5.41, 5.74) is 4.26. The van der Waals surface area contributed by atoms with E-state index in [2.05, 4.69) is 38.1 Å². The second-order valence-corrected chi connectivity index (χ2v) is 5.19. The molecule has 0 aliphatic heterocycles. The molecule has 2 aromatic carbocycles. The molecular weight excluding hydrogens is 260 g/mol. The van der Waals surface area contributed by atoms with Crippen molar-refractivity contribution in [3.8, 4) is 0 Å². The predicted octanol–water partition coefficient (Wildman–Crippen LogP) is 3.41. The first-order valence-corrected chi connectivity index (χ1v) is 6.94. The number of nitrogens with zero attached hydrogens (tertiary/aromatic N) is 3. The maximum absolute atomic E-state index is 4.62. The fourth-order valence-corrected chi connectivity index (χ4v) is 2.55. The van der Waals surface area contributed by atoms with Gasteiger partial charge in [0.2, 0.25) is 0 Å². The van der Waals surface area contributed by atoms with E-state index in [0.717, 1.165) is 40.0 Å². The van der Waals surface area contributed by atoms with E-state index in [9.17, 15) is 0 Å². The van der Waals surface area contributed by atoms with Crippen molar-refractivity contribution in [2.45, 2.75) is 13.3 Å². The van der Waals surface area contributed by atoms with Gasteiger partial charge in [-0.2, -0.15) is 0 Å². The molecule has 0 radical (unpaired) electrons. The van der Waals surface area contributed by atoms with Crippen LogP contribution >= 0.6 is 0 Å². The molecule has 0 fully saturated rings. The average Bonchev–Trinajstić information content (AvgIpc) is 2.89. The third kappa shape index (κ3) is 2.25. The number of hydrogen-bond donors (Lipinski definition) is 1. The van der Waals surface area contributed by atoms with Crippen molar-refractivity contribution >= 4 is 21.9 Å². The number of aromatic amines is 1. The van der Waals surface area contributed by atoms with Crippen LogP contribution in [-0.2, 0) is 6.42 Å². The first-order valence-electron chi connectivity index (χ1n) is 6.94. The lowest BCUT2D eigenvalue weighted by Gasteiger charge is -2.02. The minimum atomic E-state index is 0.771. The van der Waals surface area contributed by atoms with Crippen LogP contribution in [0.3, 0.4) is 0 Å². The lowest BCUT2D eigenvalue weighted by molar-refractivity contribution is 1.04. The van der Waals surface area contributed by atoms with Gasteiger partial charge >= 0.3 is 0 Å². The Morgan fingerprint density at radius 1 is 1.00 bits per heavy atom. The Morgan fingerprint density at radius 2 is 1.90 bits per heavy atom. The zero-order valence-electron chi connectivity index (χ0n) is 11.7. The normalized spacial score (nSPS) is 11.3. The van der Waals surface area contributed by atoms with E-state index in [1.807, 2.05) is 37.4 Å². The molecule has 1 N–H and O–H groups in total. The number of imidazole rings is 1. The van der Waals surface area contributed by atoms with Crippen LogP contribution in [-0.4, -0.2) is 19.9 Å². The number of fused-ring (bicyclic) bond motifs is 2. The van der Waals surface area contributed by atoms with Gasteiger partial charge in [-0.05, 0) is 30.7 Å². The molecule has 0 spiro atoms. The monoisotopic (exact) mass is 274 g/mol. The zero-order chi connectivity index (χ0) is 14.2. The minimum Gasteiger partial charge on any atom is -0.342 e. The molecule has 2 heterocycles. The number of rotatable bonds is 2. The van der Waals surface area contributed by atoms with Crippen LogP contribution in [0.4, 0.5) is 0 Å². The number of H-pyrrole nitrogens is 1.